The van der Waals surface area contributed by atoms with E-state index in [1.54, 1.807) is 0 Å². The number of piperazine rings is 1. The molecule has 1 saturated heterocycles. The van der Waals surface area contributed by atoms with Crippen molar-refractivity contribution in [2.75, 3.05) is 18.0 Å². The standard InChI is InChI=1S/C15H22Br2N2/c1-10-8-18-14(15(2,3)4)9-19(10)13-7-11(16)5-6-12(13)17/h5-7,10,14,18H,8-9H2,1-4H3. The highest BCUT2D eigenvalue weighted by molar-refractivity contribution is 9.11. The van der Waals surface area contributed by atoms with Crippen molar-refractivity contribution in [1.82, 2.24) is 5.32 Å². The third kappa shape index (κ3) is 3.53. The number of halogens is 2. The van der Waals surface area contributed by atoms with Crippen molar-refractivity contribution in [2.45, 2.75) is 39.8 Å². The summed E-state index contributed by atoms with van der Waals surface area (Å²) in [4.78, 5) is 2.50. The molecule has 1 aromatic rings. The van der Waals surface area contributed by atoms with Gasteiger partial charge in [-0.15, -0.1) is 0 Å². The molecule has 0 amide bonds. The van der Waals surface area contributed by atoms with E-state index in [1.165, 1.54) is 5.69 Å². The average molecular weight is 390 g/mol. The van der Waals surface area contributed by atoms with E-state index in [2.05, 4.69) is 88.0 Å². The van der Waals surface area contributed by atoms with Gasteiger partial charge in [0.15, 0.2) is 0 Å². The third-order valence-corrected chi connectivity index (χ3v) is 5.00. The Morgan fingerprint density at radius 3 is 2.58 bits per heavy atom. The van der Waals surface area contributed by atoms with Gasteiger partial charge in [0.25, 0.3) is 0 Å². The molecule has 0 aliphatic carbocycles. The van der Waals surface area contributed by atoms with Crippen molar-refractivity contribution >= 4 is 37.5 Å². The van der Waals surface area contributed by atoms with Gasteiger partial charge < -0.3 is 10.2 Å². The second-order valence-corrected chi connectivity index (χ2v) is 8.19. The fraction of sp³-hybridized carbons (Fsp3) is 0.600. The van der Waals surface area contributed by atoms with E-state index in [1.807, 2.05) is 0 Å². The number of anilines is 1. The lowest BCUT2D eigenvalue weighted by molar-refractivity contribution is 0.239. The first kappa shape index (κ1) is 15.3. The zero-order chi connectivity index (χ0) is 14.2. The molecular weight excluding hydrogens is 368 g/mol. The molecule has 0 saturated carbocycles. The van der Waals surface area contributed by atoms with Crippen LogP contribution in [0.5, 0.6) is 0 Å². The minimum atomic E-state index is 0.275. The predicted octanol–water partition coefficient (Wildman–Crippen LogP) is 4.42. The zero-order valence-corrected chi connectivity index (χ0v) is 15.2. The Kier molecular flexibility index (Phi) is 4.63. The maximum Gasteiger partial charge on any atom is 0.0525 e. The van der Waals surface area contributed by atoms with E-state index in [4.69, 9.17) is 0 Å². The van der Waals surface area contributed by atoms with Crippen LogP contribution in [0.25, 0.3) is 0 Å². The highest BCUT2D eigenvalue weighted by Gasteiger charge is 2.33. The Labute approximate surface area is 133 Å². The second kappa shape index (κ2) is 5.74. The summed E-state index contributed by atoms with van der Waals surface area (Å²) < 4.78 is 2.29. The normalized spacial score (nSPS) is 24.6. The molecule has 0 radical (unpaired) electrons. The molecule has 0 aromatic heterocycles. The summed E-state index contributed by atoms with van der Waals surface area (Å²) in [6.45, 7) is 11.2. The molecule has 1 aliphatic heterocycles. The Balaban J connectivity index is 2.28. The van der Waals surface area contributed by atoms with Crippen molar-refractivity contribution in [3.63, 3.8) is 0 Å². The summed E-state index contributed by atoms with van der Waals surface area (Å²) in [5.74, 6) is 0. The summed E-state index contributed by atoms with van der Waals surface area (Å²) in [5, 5.41) is 3.67. The summed E-state index contributed by atoms with van der Waals surface area (Å²) in [7, 11) is 0. The van der Waals surface area contributed by atoms with E-state index in [0.29, 0.717) is 12.1 Å². The molecule has 4 heteroatoms. The molecule has 19 heavy (non-hydrogen) atoms. The van der Waals surface area contributed by atoms with Crippen LogP contribution in [-0.2, 0) is 0 Å². The van der Waals surface area contributed by atoms with Crippen molar-refractivity contribution in [1.29, 1.82) is 0 Å². The van der Waals surface area contributed by atoms with Crippen LogP contribution in [0.1, 0.15) is 27.7 Å². The SMILES string of the molecule is CC1CNC(C(C)(C)C)CN1c1cc(Br)ccc1Br. The van der Waals surface area contributed by atoms with Gasteiger partial charge in [0.1, 0.15) is 0 Å². The monoisotopic (exact) mass is 388 g/mol. The Morgan fingerprint density at radius 1 is 1.26 bits per heavy atom. The summed E-state index contributed by atoms with van der Waals surface area (Å²) in [6, 6.07) is 7.40. The van der Waals surface area contributed by atoms with Crippen LogP contribution >= 0.6 is 31.9 Å². The van der Waals surface area contributed by atoms with Crippen molar-refractivity contribution in [3.05, 3.63) is 27.1 Å². The number of hydrogen-bond donors (Lipinski definition) is 1. The highest BCUT2D eigenvalue weighted by atomic mass is 79.9. The second-order valence-electron chi connectivity index (χ2n) is 6.42. The van der Waals surface area contributed by atoms with Gasteiger partial charge in [-0.3, -0.25) is 0 Å². The van der Waals surface area contributed by atoms with Crippen LogP contribution in [0.4, 0.5) is 5.69 Å². The Morgan fingerprint density at radius 2 is 1.95 bits per heavy atom. The largest absolute Gasteiger partial charge is 0.365 e. The van der Waals surface area contributed by atoms with E-state index in [9.17, 15) is 0 Å². The van der Waals surface area contributed by atoms with E-state index >= 15 is 0 Å². The van der Waals surface area contributed by atoms with Gasteiger partial charge in [-0.25, -0.2) is 0 Å². The molecular formula is C15H22Br2N2. The van der Waals surface area contributed by atoms with Crippen LogP contribution in [0.3, 0.4) is 0 Å². The molecule has 1 heterocycles. The van der Waals surface area contributed by atoms with Crippen LogP contribution < -0.4 is 10.2 Å². The van der Waals surface area contributed by atoms with Gasteiger partial charge in [0, 0.05) is 34.1 Å². The molecule has 2 atom stereocenters. The number of rotatable bonds is 1. The van der Waals surface area contributed by atoms with Crippen molar-refractivity contribution < 1.29 is 0 Å². The Hall–Kier alpha value is -0.0600. The molecule has 1 aromatic carbocycles. The molecule has 0 bridgehead atoms. The average Bonchev–Trinajstić information content (AvgIpc) is 2.32. The van der Waals surface area contributed by atoms with E-state index in [-0.39, 0.29) is 5.41 Å². The molecule has 106 valence electrons. The molecule has 2 unspecified atom stereocenters. The summed E-state index contributed by atoms with van der Waals surface area (Å²) >= 11 is 7.26. The number of nitrogens with zero attached hydrogens (tertiary/aromatic N) is 1. The smallest absolute Gasteiger partial charge is 0.0525 e. The summed E-state index contributed by atoms with van der Waals surface area (Å²) in [5.41, 5.74) is 1.55. The summed E-state index contributed by atoms with van der Waals surface area (Å²) in [6.07, 6.45) is 0. The molecule has 1 N–H and O–H groups in total. The van der Waals surface area contributed by atoms with Crippen LogP contribution in [0, 0.1) is 5.41 Å². The third-order valence-electron chi connectivity index (χ3n) is 3.83. The first-order valence-corrected chi connectivity index (χ1v) is 8.32. The first-order chi connectivity index (χ1) is 8.79. The van der Waals surface area contributed by atoms with Crippen molar-refractivity contribution in [2.24, 2.45) is 5.41 Å². The Bertz CT molecular complexity index is 454. The van der Waals surface area contributed by atoms with Gasteiger partial charge in [-0.1, -0.05) is 36.7 Å². The van der Waals surface area contributed by atoms with Gasteiger partial charge in [-0.2, -0.15) is 0 Å². The number of nitrogens with one attached hydrogen (secondary N) is 1. The molecule has 2 nitrogen and oxygen atoms in total. The maximum atomic E-state index is 3.68. The van der Waals surface area contributed by atoms with E-state index < -0.39 is 0 Å². The lowest BCUT2D eigenvalue weighted by atomic mass is 9.84. The quantitative estimate of drug-likeness (QED) is 0.764. The van der Waals surface area contributed by atoms with Crippen LogP contribution in [0.15, 0.2) is 27.1 Å². The molecule has 0 spiro atoms. The van der Waals surface area contributed by atoms with Gasteiger partial charge >= 0.3 is 0 Å². The number of benzene rings is 1. The van der Waals surface area contributed by atoms with Crippen LogP contribution in [-0.4, -0.2) is 25.2 Å². The van der Waals surface area contributed by atoms with Crippen LogP contribution in [0.2, 0.25) is 0 Å². The molecule has 2 rings (SSSR count). The van der Waals surface area contributed by atoms with Gasteiger partial charge in [0.05, 0.1) is 5.69 Å². The maximum absolute atomic E-state index is 3.68. The molecule has 1 fully saturated rings. The molecule has 1 aliphatic rings. The lowest BCUT2D eigenvalue weighted by Gasteiger charge is -2.45. The van der Waals surface area contributed by atoms with Gasteiger partial charge in [-0.05, 0) is 46.5 Å². The van der Waals surface area contributed by atoms with E-state index in [0.717, 1.165) is 22.0 Å². The minimum Gasteiger partial charge on any atom is -0.365 e. The fourth-order valence-corrected chi connectivity index (χ4v) is 3.31. The fourth-order valence-electron chi connectivity index (χ4n) is 2.49. The topological polar surface area (TPSA) is 15.3 Å². The number of hydrogen-bond acceptors (Lipinski definition) is 2. The van der Waals surface area contributed by atoms with Gasteiger partial charge in [0.2, 0.25) is 0 Å². The van der Waals surface area contributed by atoms with Crippen molar-refractivity contribution in [3.8, 4) is 0 Å². The highest BCUT2D eigenvalue weighted by Crippen LogP contribution is 2.33. The first-order valence-electron chi connectivity index (χ1n) is 6.74. The predicted molar refractivity (Wildman–Crippen MR) is 89.9 cm³/mol. The lowest BCUT2D eigenvalue weighted by Crippen LogP contribution is -2.59. The zero-order valence-electron chi connectivity index (χ0n) is 12.0. The minimum absolute atomic E-state index is 0.275.